The van der Waals surface area contributed by atoms with Crippen molar-refractivity contribution in [2.24, 2.45) is 0 Å². The van der Waals surface area contributed by atoms with Crippen molar-refractivity contribution in [2.75, 3.05) is 11.8 Å². The summed E-state index contributed by atoms with van der Waals surface area (Å²) < 4.78 is 28.0. The number of sulfonamides is 1. The van der Waals surface area contributed by atoms with Crippen LogP contribution in [0, 0.1) is 6.92 Å². The number of nitrogens with one attached hydrogen (secondary N) is 3. The lowest BCUT2D eigenvalue weighted by Crippen LogP contribution is -2.25. The molecule has 0 saturated carbocycles. The van der Waals surface area contributed by atoms with E-state index in [9.17, 15) is 18.0 Å². The largest absolute Gasteiger partial charge is 0.360 e. The van der Waals surface area contributed by atoms with E-state index in [2.05, 4.69) is 15.0 Å². The van der Waals surface area contributed by atoms with Crippen LogP contribution < -0.4 is 15.5 Å². The number of H-pyrrole nitrogens is 1. The van der Waals surface area contributed by atoms with Gasteiger partial charge in [0.2, 0.25) is 5.43 Å². The van der Waals surface area contributed by atoms with E-state index in [-0.39, 0.29) is 15.8 Å². The van der Waals surface area contributed by atoms with Gasteiger partial charge >= 0.3 is 0 Å². The molecule has 3 rings (SSSR count). The summed E-state index contributed by atoms with van der Waals surface area (Å²) in [6, 6.07) is 8.97. The molecule has 1 heterocycles. The maximum Gasteiger partial charge on any atom is 0.261 e. The van der Waals surface area contributed by atoms with E-state index in [1.54, 1.807) is 25.1 Å². The molecular formula is C18H16ClN3O4S. The summed E-state index contributed by atoms with van der Waals surface area (Å²) in [5.74, 6) is -0.556. The topological polar surface area (TPSA) is 108 Å². The molecule has 0 unspecified atom stereocenters. The summed E-state index contributed by atoms with van der Waals surface area (Å²) in [6.07, 6.45) is 1.30. The van der Waals surface area contributed by atoms with E-state index >= 15 is 0 Å². The molecule has 0 aliphatic heterocycles. The Labute approximate surface area is 160 Å². The SMILES string of the molecule is CNC(=O)c1c[nH]c2ccc(S(=O)(=O)Nc3cccc(Cl)c3C)cc2c1=O. The average Bonchev–Trinajstić information content (AvgIpc) is 2.65. The van der Waals surface area contributed by atoms with Gasteiger partial charge in [0.25, 0.3) is 15.9 Å². The van der Waals surface area contributed by atoms with Crippen molar-refractivity contribution in [2.45, 2.75) is 11.8 Å². The predicted molar refractivity (Wildman–Crippen MR) is 105 cm³/mol. The Morgan fingerprint density at radius 2 is 1.93 bits per heavy atom. The van der Waals surface area contributed by atoms with Gasteiger partial charge in [-0.1, -0.05) is 17.7 Å². The predicted octanol–water partition coefficient (Wildman–Crippen LogP) is 2.65. The third-order valence-corrected chi connectivity index (χ3v) is 5.92. The molecule has 7 nitrogen and oxygen atoms in total. The first kappa shape index (κ1) is 18.9. The third-order valence-electron chi connectivity index (χ3n) is 4.15. The number of carbonyl (C=O) groups is 1. The molecule has 27 heavy (non-hydrogen) atoms. The average molecular weight is 406 g/mol. The first-order valence-electron chi connectivity index (χ1n) is 7.90. The van der Waals surface area contributed by atoms with Gasteiger partial charge in [-0.05, 0) is 42.8 Å². The van der Waals surface area contributed by atoms with Crippen LogP contribution in [0.1, 0.15) is 15.9 Å². The molecule has 0 saturated heterocycles. The van der Waals surface area contributed by atoms with Crippen molar-refractivity contribution >= 4 is 44.1 Å². The molecule has 9 heteroatoms. The molecule has 0 spiro atoms. The minimum atomic E-state index is -3.96. The van der Waals surface area contributed by atoms with E-state index in [0.29, 0.717) is 21.8 Å². The van der Waals surface area contributed by atoms with Crippen LogP contribution in [0.2, 0.25) is 5.02 Å². The Hall–Kier alpha value is -2.84. The van der Waals surface area contributed by atoms with Crippen LogP contribution in [0.3, 0.4) is 0 Å². The summed E-state index contributed by atoms with van der Waals surface area (Å²) in [4.78, 5) is 27.1. The zero-order chi connectivity index (χ0) is 19.8. The minimum Gasteiger partial charge on any atom is -0.360 e. The normalized spacial score (nSPS) is 11.4. The summed E-state index contributed by atoms with van der Waals surface area (Å²) in [6.45, 7) is 1.70. The second kappa shape index (κ2) is 7.05. The van der Waals surface area contributed by atoms with Crippen LogP contribution >= 0.6 is 11.6 Å². The van der Waals surface area contributed by atoms with Gasteiger partial charge in [-0.2, -0.15) is 0 Å². The number of aromatic nitrogens is 1. The quantitative estimate of drug-likeness (QED) is 0.620. The number of hydrogen-bond acceptors (Lipinski definition) is 4. The smallest absolute Gasteiger partial charge is 0.261 e. The van der Waals surface area contributed by atoms with E-state index in [0.717, 1.165) is 0 Å². The third kappa shape index (κ3) is 3.54. The van der Waals surface area contributed by atoms with Gasteiger partial charge in [0.05, 0.1) is 10.6 Å². The summed E-state index contributed by atoms with van der Waals surface area (Å²) in [5.41, 5.74) is 0.696. The van der Waals surface area contributed by atoms with Gasteiger partial charge in [-0.3, -0.25) is 14.3 Å². The first-order chi connectivity index (χ1) is 12.7. The number of hydrogen-bond donors (Lipinski definition) is 3. The van der Waals surface area contributed by atoms with Gasteiger partial charge < -0.3 is 10.3 Å². The fraction of sp³-hybridized carbons (Fsp3) is 0.111. The second-order valence-corrected chi connectivity index (χ2v) is 7.93. The van der Waals surface area contributed by atoms with E-state index in [4.69, 9.17) is 11.6 Å². The highest BCUT2D eigenvalue weighted by Gasteiger charge is 2.19. The van der Waals surface area contributed by atoms with Crippen molar-refractivity contribution < 1.29 is 13.2 Å². The van der Waals surface area contributed by atoms with Crippen LogP contribution in [0.5, 0.6) is 0 Å². The van der Waals surface area contributed by atoms with Crippen molar-refractivity contribution in [1.82, 2.24) is 10.3 Å². The van der Waals surface area contributed by atoms with Gasteiger partial charge in [0, 0.05) is 29.2 Å². The summed E-state index contributed by atoms with van der Waals surface area (Å²) >= 11 is 6.03. The molecule has 0 fully saturated rings. The number of pyridine rings is 1. The molecular weight excluding hydrogens is 390 g/mol. The summed E-state index contributed by atoms with van der Waals surface area (Å²) in [5, 5.41) is 2.90. The standard InChI is InChI=1S/C18H16ClN3O4S/c1-10-14(19)4-3-5-15(10)22-27(25,26)11-6-7-16-12(8-11)17(23)13(9-21-16)18(24)20-2/h3-9,22H,1-2H3,(H,20,24)(H,21,23). The zero-order valence-corrected chi connectivity index (χ0v) is 16.0. The Morgan fingerprint density at radius 1 is 1.19 bits per heavy atom. The molecule has 3 aromatic rings. The summed E-state index contributed by atoms with van der Waals surface area (Å²) in [7, 11) is -2.55. The van der Waals surface area contributed by atoms with E-state index in [1.165, 1.54) is 31.4 Å². The number of carbonyl (C=O) groups excluding carboxylic acids is 1. The fourth-order valence-electron chi connectivity index (χ4n) is 2.59. The molecule has 1 aromatic heterocycles. The van der Waals surface area contributed by atoms with Gasteiger partial charge in [-0.15, -0.1) is 0 Å². The minimum absolute atomic E-state index is 0.0989. The van der Waals surface area contributed by atoms with Crippen LogP contribution in [0.4, 0.5) is 5.69 Å². The number of anilines is 1. The monoisotopic (exact) mass is 405 g/mol. The maximum absolute atomic E-state index is 12.7. The molecule has 0 radical (unpaired) electrons. The van der Waals surface area contributed by atoms with Crippen LogP contribution in [0.25, 0.3) is 10.9 Å². The number of benzene rings is 2. The molecule has 2 aromatic carbocycles. The van der Waals surface area contributed by atoms with Crippen molar-refractivity contribution in [3.63, 3.8) is 0 Å². The highest BCUT2D eigenvalue weighted by molar-refractivity contribution is 7.92. The second-order valence-electron chi connectivity index (χ2n) is 5.84. The van der Waals surface area contributed by atoms with Crippen molar-refractivity contribution in [3.8, 4) is 0 Å². The number of aromatic amines is 1. The molecule has 3 N–H and O–H groups in total. The van der Waals surface area contributed by atoms with E-state index < -0.39 is 21.4 Å². The van der Waals surface area contributed by atoms with Crippen LogP contribution in [-0.2, 0) is 10.0 Å². The maximum atomic E-state index is 12.7. The molecule has 0 aliphatic rings. The van der Waals surface area contributed by atoms with E-state index in [1.807, 2.05) is 0 Å². The Balaban J connectivity index is 2.10. The van der Waals surface area contributed by atoms with Gasteiger partial charge in [-0.25, -0.2) is 8.42 Å². The van der Waals surface area contributed by atoms with Crippen molar-refractivity contribution in [1.29, 1.82) is 0 Å². The lowest BCUT2D eigenvalue weighted by Gasteiger charge is -2.12. The fourth-order valence-corrected chi connectivity index (χ4v) is 3.91. The van der Waals surface area contributed by atoms with Crippen molar-refractivity contribution in [3.05, 3.63) is 69.0 Å². The molecule has 0 aliphatic carbocycles. The van der Waals surface area contributed by atoms with Crippen LogP contribution in [-0.4, -0.2) is 26.4 Å². The number of fused-ring (bicyclic) bond motifs is 1. The molecule has 1 amide bonds. The molecule has 140 valence electrons. The lowest BCUT2D eigenvalue weighted by molar-refractivity contribution is 0.0962. The zero-order valence-electron chi connectivity index (χ0n) is 14.5. The number of halogens is 1. The number of amides is 1. The lowest BCUT2D eigenvalue weighted by atomic mass is 10.1. The Morgan fingerprint density at radius 3 is 2.63 bits per heavy atom. The molecule has 0 atom stereocenters. The Kier molecular flexibility index (Phi) is 4.95. The first-order valence-corrected chi connectivity index (χ1v) is 9.76. The highest BCUT2D eigenvalue weighted by Crippen LogP contribution is 2.26. The Bertz CT molecular complexity index is 1220. The molecule has 0 bridgehead atoms. The van der Waals surface area contributed by atoms with Gasteiger partial charge in [0.15, 0.2) is 0 Å². The van der Waals surface area contributed by atoms with Crippen LogP contribution in [0.15, 0.2) is 52.3 Å². The highest BCUT2D eigenvalue weighted by atomic mass is 35.5. The number of rotatable bonds is 4. The van der Waals surface area contributed by atoms with Gasteiger partial charge in [0.1, 0.15) is 5.56 Å².